The summed E-state index contributed by atoms with van der Waals surface area (Å²) in [6, 6.07) is 10.2. The third-order valence-corrected chi connectivity index (χ3v) is 11.1. The van der Waals surface area contributed by atoms with Gasteiger partial charge in [-0.15, -0.1) is 0 Å². The summed E-state index contributed by atoms with van der Waals surface area (Å²) in [6.07, 6.45) is 0.954. The number of ether oxygens (including phenoxy) is 1. The number of rotatable bonds is 9. The zero-order chi connectivity index (χ0) is 18.9. The molecule has 0 saturated carbocycles. The summed E-state index contributed by atoms with van der Waals surface area (Å²) < 4.78 is 12.3. The van der Waals surface area contributed by atoms with E-state index in [1.165, 1.54) is 5.56 Å². The van der Waals surface area contributed by atoms with Gasteiger partial charge in [-0.05, 0) is 29.1 Å². The second-order valence-electron chi connectivity index (χ2n) is 7.78. The smallest absolute Gasteiger partial charge is 0.200 e. The minimum absolute atomic E-state index is 0.181. The van der Waals surface area contributed by atoms with Crippen molar-refractivity contribution in [1.82, 2.24) is 0 Å². The van der Waals surface area contributed by atoms with E-state index in [0.29, 0.717) is 29.8 Å². The maximum Gasteiger partial charge on any atom is 0.200 e. The van der Waals surface area contributed by atoms with Gasteiger partial charge in [-0.2, -0.15) is 0 Å². The molecule has 0 heterocycles. The van der Waals surface area contributed by atoms with Crippen LogP contribution in [0.5, 0.6) is 0 Å². The summed E-state index contributed by atoms with van der Waals surface area (Å²) in [5.74, 6) is 6.36. The fraction of sp³-hybridized carbons (Fsp3) is 0.636. The van der Waals surface area contributed by atoms with Crippen molar-refractivity contribution in [3.63, 3.8) is 0 Å². The Morgan fingerprint density at radius 1 is 0.840 bits per heavy atom. The third-order valence-electron chi connectivity index (χ3n) is 4.91. The van der Waals surface area contributed by atoms with Crippen molar-refractivity contribution < 1.29 is 9.16 Å². The first-order chi connectivity index (χ1) is 11.8. The van der Waals surface area contributed by atoms with Crippen LogP contribution in [0.1, 0.15) is 60.5 Å². The monoisotopic (exact) mass is 360 g/mol. The Labute approximate surface area is 156 Å². The first-order valence-corrected chi connectivity index (χ1v) is 11.7. The van der Waals surface area contributed by atoms with Crippen LogP contribution in [0.2, 0.25) is 16.6 Å². The first-order valence-electron chi connectivity index (χ1n) is 9.55. The molecule has 0 bridgehead atoms. The highest BCUT2D eigenvalue weighted by Gasteiger charge is 2.45. The van der Waals surface area contributed by atoms with Crippen LogP contribution < -0.4 is 0 Å². The van der Waals surface area contributed by atoms with E-state index in [-0.39, 0.29) is 6.10 Å². The number of hydrogen-bond acceptors (Lipinski definition) is 2. The van der Waals surface area contributed by atoms with Crippen LogP contribution in [0, 0.1) is 11.8 Å². The third kappa shape index (κ3) is 6.62. The van der Waals surface area contributed by atoms with Crippen LogP contribution in [0.4, 0.5) is 0 Å². The molecule has 0 amide bonds. The number of hydrogen-bond donors (Lipinski definition) is 0. The normalized spacial score (nSPS) is 13.2. The fourth-order valence-corrected chi connectivity index (χ4v) is 9.46. The Bertz CT molecular complexity index is 518. The van der Waals surface area contributed by atoms with Gasteiger partial charge in [0.25, 0.3) is 0 Å². The zero-order valence-electron chi connectivity index (χ0n) is 17.1. The number of benzene rings is 1. The van der Waals surface area contributed by atoms with E-state index in [2.05, 4.69) is 72.4 Å². The predicted molar refractivity (Wildman–Crippen MR) is 110 cm³/mol. The fourth-order valence-electron chi connectivity index (χ4n) is 3.86. The molecule has 0 aliphatic rings. The maximum atomic E-state index is 6.69. The summed E-state index contributed by atoms with van der Waals surface area (Å²) >= 11 is 0. The van der Waals surface area contributed by atoms with Crippen molar-refractivity contribution in [3.8, 4) is 11.8 Å². The first kappa shape index (κ1) is 22.0. The maximum absolute atomic E-state index is 6.69. The predicted octanol–water partition coefficient (Wildman–Crippen LogP) is 6.18. The lowest BCUT2D eigenvalue weighted by molar-refractivity contribution is 0.153. The molecule has 1 atom stereocenters. The zero-order valence-corrected chi connectivity index (χ0v) is 18.1. The van der Waals surface area contributed by atoms with Crippen molar-refractivity contribution in [2.24, 2.45) is 0 Å². The lowest BCUT2D eigenvalue weighted by Crippen LogP contribution is -2.49. The summed E-state index contributed by atoms with van der Waals surface area (Å²) in [7, 11) is -1.81. The van der Waals surface area contributed by atoms with E-state index in [4.69, 9.17) is 9.16 Å². The quantitative estimate of drug-likeness (QED) is 0.297. The lowest BCUT2D eigenvalue weighted by Gasteiger charge is -2.43. The van der Waals surface area contributed by atoms with Crippen molar-refractivity contribution in [2.75, 3.05) is 6.61 Å². The molecule has 0 spiro atoms. The van der Waals surface area contributed by atoms with Gasteiger partial charge in [0.15, 0.2) is 0 Å². The van der Waals surface area contributed by atoms with Gasteiger partial charge in [0.2, 0.25) is 8.32 Å². The lowest BCUT2D eigenvalue weighted by atomic mass is 10.2. The second kappa shape index (κ2) is 10.8. The summed E-state index contributed by atoms with van der Waals surface area (Å²) in [5, 5.41) is 0. The minimum atomic E-state index is -1.81. The summed E-state index contributed by atoms with van der Waals surface area (Å²) in [5.41, 5.74) is 3.01. The van der Waals surface area contributed by atoms with E-state index in [0.717, 1.165) is 6.42 Å². The molecule has 0 aromatic heterocycles. The van der Waals surface area contributed by atoms with Gasteiger partial charge in [0.05, 0.1) is 12.7 Å². The highest BCUT2D eigenvalue weighted by molar-refractivity contribution is 6.77. The molecule has 1 aromatic carbocycles. The highest BCUT2D eigenvalue weighted by Crippen LogP contribution is 2.43. The molecule has 1 aromatic rings. The molecule has 1 rings (SSSR count). The molecular formula is C22H36O2Si. The van der Waals surface area contributed by atoms with Gasteiger partial charge in [-0.25, -0.2) is 0 Å². The van der Waals surface area contributed by atoms with Crippen molar-refractivity contribution in [2.45, 2.75) is 84.2 Å². The van der Waals surface area contributed by atoms with Crippen molar-refractivity contribution >= 4 is 8.32 Å². The van der Waals surface area contributed by atoms with Gasteiger partial charge in [0, 0.05) is 6.42 Å². The Balaban J connectivity index is 2.46. The van der Waals surface area contributed by atoms with E-state index in [1.807, 2.05) is 18.2 Å². The van der Waals surface area contributed by atoms with Crippen LogP contribution in [-0.2, 0) is 15.8 Å². The van der Waals surface area contributed by atoms with E-state index in [1.54, 1.807) is 0 Å². The molecule has 0 aliphatic heterocycles. The summed E-state index contributed by atoms with van der Waals surface area (Å²) in [4.78, 5) is 0. The SMILES string of the molecule is CC(C)[Si](O[C@@H](C)CC#CCOCc1ccccc1)(C(C)C)C(C)C. The van der Waals surface area contributed by atoms with Gasteiger partial charge in [0.1, 0.15) is 6.61 Å². The molecule has 0 unspecified atom stereocenters. The second-order valence-corrected chi connectivity index (χ2v) is 13.2. The Morgan fingerprint density at radius 2 is 1.40 bits per heavy atom. The molecule has 0 N–H and O–H groups in total. The molecule has 0 radical (unpaired) electrons. The van der Waals surface area contributed by atoms with Gasteiger partial charge in [-0.3, -0.25) is 0 Å². The van der Waals surface area contributed by atoms with E-state index in [9.17, 15) is 0 Å². The Morgan fingerprint density at radius 3 is 1.92 bits per heavy atom. The Kier molecular flexibility index (Phi) is 9.49. The molecular weight excluding hydrogens is 324 g/mol. The average Bonchev–Trinajstić information content (AvgIpc) is 2.55. The van der Waals surface area contributed by atoms with Gasteiger partial charge < -0.3 is 9.16 Å². The topological polar surface area (TPSA) is 18.5 Å². The Hall–Kier alpha value is -1.08. The van der Waals surface area contributed by atoms with Crippen LogP contribution in [-0.4, -0.2) is 21.0 Å². The molecule has 3 heteroatoms. The molecule has 0 fully saturated rings. The standard InChI is InChI=1S/C22H36O2Si/c1-18(2)25(19(3)4,20(5)6)24-21(7)13-11-12-16-23-17-22-14-9-8-10-15-22/h8-10,14-15,18-21H,13,16-17H2,1-7H3/t21-/m0/s1. The van der Waals surface area contributed by atoms with Crippen LogP contribution >= 0.6 is 0 Å². The molecule has 25 heavy (non-hydrogen) atoms. The van der Waals surface area contributed by atoms with Gasteiger partial charge in [-0.1, -0.05) is 83.7 Å². The van der Waals surface area contributed by atoms with E-state index < -0.39 is 8.32 Å². The van der Waals surface area contributed by atoms with E-state index >= 15 is 0 Å². The molecule has 140 valence electrons. The minimum Gasteiger partial charge on any atom is -0.412 e. The van der Waals surface area contributed by atoms with Crippen LogP contribution in [0.25, 0.3) is 0 Å². The molecule has 0 saturated heterocycles. The summed E-state index contributed by atoms with van der Waals surface area (Å²) in [6.45, 7) is 17.2. The highest BCUT2D eigenvalue weighted by atomic mass is 28.4. The molecule has 0 aliphatic carbocycles. The largest absolute Gasteiger partial charge is 0.412 e. The van der Waals surface area contributed by atoms with Crippen molar-refractivity contribution in [3.05, 3.63) is 35.9 Å². The van der Waals surface area contributed by atoms with Crippen LogP contribution in [0.15, 0.2) is 30.3 Å². The van der Waals surface area contributed by atoms with Crippen molar-refractivity contribution in [1.29, 1.82) is 0 Å². The average molecular weight is 361 g/mol. The van der Waals surface area contributed by atoms with Crippen LogP contribution in [0.3, 0.4) is 0 Å². The van der Waals surface area contributed by atoms with Gasteiger partial charge >= 0.3 is 0 Å². The molecule has 2 nitrogen and oxygen atoms in total.